The molecule has 0 aromatic heterocycles. The molecule has 0 saturated carbocycles. The maximum Gasteiger partial charge on any atom is 0.339 e. The van der Waals surface area contributed by atoms with Crippen LogP contribution in [0, 0.1) is 16.0 Å². The van der Waals surface area contributed by atoms with Crippen molar-refractivity contribution in [2.24, 2.45) is 5.92 Å². The van der Waals surface area contributed by atoms with E-state index in [9.17, 15) is 28.4 Å². The van der Waals surface area contributed by atoms with Crippen molar-refractivity contribution in [1.29, 1.82) is 0 Å². The van der Waals surface area contributed by atoms with Crippen molar-refractivity contribution in [2.75, 3.05) is 43.4 Å². The lowest BCUT2D eigenvalue weighted by molar-refractivity contribution is -0.384. The van der Waals surface area contributed by atoms with Crippen molar-refractivity contribution in [3.63, 3.8) is 0 Å². The number of carboxylic acids is 1. The molecule has 36 heavy (non-hydrogen) atoms. The number of nitrogens with one attached hydrogen (secondary N) is 1. The fraction of sp³-hybridized carbons (Fsp3) is 0.435. The van der Waals surface area contributed by atoms with Crippen molar-refractivity contribution in [2.45, 2.75) is 31.2 Å². The molecule has 2 aromatic rings. The van der Waals surface area contributed by atoms with E-state index in [0.717, 1.165) is 0 Å². The Hall–Kier alpha value is -3.09. The van der Waals surface area contributed by atoms with Crippen LogP contribution in [0.5, 0.6) is 5.75 Å². The Bertz CT molecular complexity index is 1180. The number of anilines is 2. The van der Waals surface area contributed by atoms with Crippen molar-refractivity contribution in [1.82, 2.24) is 4.90 Å². The van der Waals surface area contributed by atoms with Gasteiger partial charge in [-0.2, -0.15) is 8.42 Å². The molecular weight excluding hydrogens is 512 g/mol. The highest BCUT2D eigenvalue weighted by Gasteiger charge is 2.30. The average Bonchev–Trinajstić information content (AvgIpc) is 2.78. The van der Waals surface area contributed by atoms with Crippen molar-refractivity contribution >= 4 is 45.6 Å². The number of carbonyl (C=O) groups is 1. The highest BCUT2D eigenvalue weighted by molar-refractivity contribution is 7.87. The molecule has 1 fully saturated rings. The number of piperazine rings is 1. The van der Waals surface area contributed by atoms with E-state index in [1.54, 1.807) is 12.1 Å². The molecule has 0 amide bonds. The molecule has 1 aliphatic rings. The molecule has 1 aliphatic heterocycles. The van der Waals surface area contributed by atoms with E-state index in [2.05, 4.69) is 10.2 Å². The van der Waals surface area contributed by atoms with E-state index in [4.69, 9.17) is 4.18 Å². The number of likely N-dealkylation sites (N-methyl/N-ethyl adjacent to an activating group) is 1. The molecule has 2 N–H and O–H groups in total. The molecule has 1 unspecified atom stereocenters. The number of hydrogen-bond donors (Lipinski definition) is 2. The predicted octanol–water partition coefficient (Wildman–Crippen LogP) is 3.45. The number of hydrogen-bond acceptors (Lipinski definition) is 9. The summed E-state index contributed by atoms with van der Waals surface area (Å²) >= 11 is 0. The van der Waals surface area contributed by atoms with Crippen LogP contribution in [0.1, 0.15) is 20.3 Å². The first-order valence-electron chi connectivity index (χ1n) is 11.2. The lowest BCUT2D eigenvalue weighted by Crippen LogP contribution is -2.44. The van der Waals surface area contributed by atoms with Crippen LogP contribution in [0.3, 0.4) is 0 Å². The van der Waals surface area contributed by atoms with Crippen LogP contribution in [0.15, 0.2) is 47.4 Å². The van der Waals surface area contributed by atoms with Gasteiger partial charge in [-0.15, -0.1) is 12.4 Å². The van der Waals surface area contributed by atoms with Gasteiger partial charge in [-0.05, 0) is 49.7 Å². The Labute approximate surface area is 216 Å². The van der Waals surface area contributed by atoms with Gasteiger partial charge in [0.15, 0.2) is 0 Å². The highest BCUT2D eigenvalue weighted by Crippen LogP contribution is 2.39. The third kappa shape index (κ3) is 7.21. The fourth-order valence-electron chi connectivity index (χ4n) is 3.87. The first-order valence-corrected chi connectivity index (χ1v) is 12.6. The van der Waals surface area contributed by atoms with Crippen molar-refractivity contribution in [3.8, 4) is 5.75 Å². The quantitative estimate of drug-likeness (QED) is 0.260. The second kappa shape index (κ2) is 12.2. The molecule has 0 radical (unpaired) electrons. The SMILES string of the molecule is CC(C)CC(Nc1cccc(S(=O)(=O)Oc2cccc(N3CCN(C)CC3)c2[N+](=O)[O-])c1)C(=O)O.Cl. The monoisotopic (exact) mass is 542 g/mol. The Balaban J connectivity index is 0.00000456. The van der Waals surface area contributed by atoms with Gasteiger partial charge in [0.25, 0.3) is 0 Å². The summed E-state index contributed by atoms with van der Waals surface area (Å²) in [6.07, 6.45) is 0.341. The second-order valence-electron chi connectivity index (χ2n) is 8.90. The van der Waals surface area contributed by atoms with Crippen LogP contribution in [-0.2, 0) is 14.9 Å². The van der Waals surface area contributed by atoms with Crippen LogP contribution in [0.2, 0.25) is 0 Å². The van der Waals surface area contributed by atoms with Gasteiger partial charge < -0.3 is 24.4 Å². The summed E-state index contributed by atoms with van der Waals surface area (Å²) in [7, 11) is -2.49. The molecule has 11 nitrogen and oxygen atoms in total. The maximum absolute atomic E-state index is 13.0. The molecule has 13 heteroatoms. The summed E-state index contributed by atoms with van der Waals surface area (Å²) in [6, 6.07) is 8.97. The van der Waals surface area contributed by atoms with Crippen LogP contribution in [0.4, 0.5) is 17.1 Å². The molecule has 1 atom stereocenters. The standard InChI is InChI=1S/C23H30N4O7S.ClH/c1-16(2)14-19(23(28)29)24-17-6-4-7-18(15-17)35(32,33)34-21-9-5-8-20(22(21)27(30)31)26-12-10-25(3)11-13-26;/h4-9,15-16,19,24H,10-14H2,1-3H3,(H,28,29);1H. The zero-order valence-corrected chi connectivity index (χ0v) is 21.9. The molecule has 3 rings (SSSR count). The lowest BCUT2D eigenvalue weighted by Gasteiger charge is -2.33. The number of nitro benzene ring substituents is 1. The minimum atomic E-state index is -4.45. The zero-order valence-electron chi connectivity index (χ0n) is 20.3. The van der Waals surface area contributed by atoms with Gasteiger partial charge >= 0.3 is 21.8 Å². The molecule has 198 valence electrons. The zero-order chi connectivity index (χ0) is 25.8. The minimum absolute atomic E-state index is 0. The third-order valence-corrected chi connectivity index (χ3v) is 6.90. The minimum Gasteiger partial charge on any atom is -0.480 e. The van der Waals surface area contributed by atoms with Crippen molar-refractivity contribution < 1.29 is 27.4 Å². The predicted molar refractivity (Wildman–Crippen MR) is 139 cm³/mol. The number of halogens is 1. The number of benzene rings is 2. The Morgan fingerprint density at radius 3 is 2.39 bits per heavy atom. The van der Waals surface area contributed by atoms with Gasteiger partial charge in [0, 0.05) is 31.9 Å². The normalized spacial score (nSPS) is 15.2. The average molecular weight is 543 g/mol. The van der Waals surface area contributed by atoms with E-state index >= 15 is 0 Å². The lowest BCUT2D eigenvalue weighted by atomic mass is 10.0. The van der Waals surface area contributed by atoms with Gasteiger partial charge in [-0.1, -0.05) is 26.0 Å². The maximum atomic E-state index is 13.0. The van der Waals surface area contributed by atoms with E-state index in [1.165, 1.54) is 30.3 Å². The second-order valence-corrected chi connectivity index (χ2v) is 10.4. The molecule has 0 spiro atoms. The summed E-state index contributed by atoms with van der Waals surface area (Å²) in [6.45, 7) is 6.32. The smallest absolute Gasteiger partial charge is 0.339 e. The summed E-state index contributed by atoms with van der Waals surface area (Å²) in [4.78, 5) is 26.5. The number of para-hydroxylation sites is 1. The van der Waals surface area contributed by atoms with Crippen LogP contribution in [-0.4, -0.2) is 68.6 Å². The molecule has 2 aromatic carbocycles. The van der Waals surface area contributed by atoms with Crippen LogP contribution >= 0.6 is 12.4 Å². The number of nitro groups is 1. The fourth-order valence-corrected chi connectivity index (χ4v) is 4.85. The number of carboxylic acid groups (broad SMARTS) is 1. The van der Waals surface area contributed by atoms with E-state index < -0.39 is 32.7 Å². The van der Waals surface area contributed by atoms with Gasteiger partial charge in [0.2, 0.25) is 5.75 Å². The van der Waals surface area contributed by atoms with Gasteiger partial charge in [-0.25, -0.2) is 4.79 Å². The Morgan fingerprint density at radius 1 is 1.17 bits per heavy atom. The molecular formula is C23H31ClN4O7S. The first-order chi connectivity index (χ1) is 16.5. The topological polar surface area (TPSA) is 142 Å². The highest BCUT2D eigenvalue weighted by atomic mass is 35.5. The third-order valence-electron chi connectivity index (χ3n) is 5.67. The molecule has 0 aliphatic carbocycles. The first kappa shape index (κ1) is 29.1. The van der Waals surface area contributed by atoms with E-state index in [0.29, 0.717) is 38.3 Å². The molecule has 0 bridgehead atoms. The molecule has 1 heterocycles. The van der Waals surface area contributed by atoms with Gasteiger partial charge in [0.1, 0.15) is 16.6 Å². The largest absolute Gasteiger partial charge is 0.480 e. The summed E-state index contributed by atoms with van der Waals surface area (Å²) in [5.74, 6) is -1.33. The van der Waals surface area contributed by atoms with Crippen molar-refractivity contribution in [3.05, 3.63) is 52.6 Å². The van der Waals surface area contributed by atoms with Gasteiger partial charge in [-0.3, -0.25) is 10.1 Å². The van der Waals surface area contributed by atoms with Gasteiger partial charge in [0.05, 0.1) is 4.92 Å². The summed E-state index contributed by atoms with van der Waals surface area (Å²) in [5, 5.41) is 24.2. The summed E-state index contributed by atoms with van der Waals surface area (Å²) in [5.41, 5.74) is 0.158. The Morgan fingerprint density at radius 2 is 1.81 bits per heavy atom. The molecule has 1 saturated heterocycles. The van der Waals surface area contributed by atoms with Crippen LogP contribution < -0.4 is 14.4 Å². The number of rotatable bonds is 10. The van der Waals surface area contributed by atoms with E-state index in [1.807, 2.05) is 25.8 Å². The Kier molecular flexibility index (Phi) is 9.91. The van der Waals surface area contributed by atoms with E-state index in [-0.39, 0.29) is 34.7 Å². The number of nitrogens with zero attached hydrogens (tertiary/aromatic N) is 3. The van der Waals surface area contributed by atoms with Crippen LogP contribution in [0.25, 0.3) is 0 Å². The number of aliphatic carboxylic acids is 1. The summed E-state index contributed by atoms with van der Waals surface area (Å²) < 4.78 is 31.3.